The predicted octanol–water partition coefficient (Wildman–Crippen LogP) is 2.82. The Bertz CT molecular complexity index is 822. The Hall–Kier alpha value is -2.17. The fraction of sp³-hybridized carbons (Fsp3) is 0.438. The molecule has 0 radical (unpaired) electrons. The maximum atomic E-state index is 4.87. The molecule has 0 N–H and O–H groups in total. The first-order chi connectivity index (χ1) is 10.1. The second-order valence-corrected chi connectivity index (χ2v) is 6.17. The maximum Gasteiger partial charge on any atom is 0.229 e. The Balaban J connectivity index is 2.02. The van der Waals surface area contributed by atoms with Crippen LogP contribution >= 0.6 is 0 Å². The maximum absolute atomic E-state index is 4.87. The van der Waals surface area contributed by atoms with E-state index in [1.807, 2.05) is 29.6 Å². The molecule has 1 fully saturated rings. The van der Waals surface area contributed by atoms with Crippen LogP contribution in [0, 0.1) is 12.8 Å². The molecule has 2 aromatic heterocycles. The van der Waals surface area contributed by atoms with Gasteiger partial charge in [0.15, 0.2) is 5.65 Å². The third-order valence-corrected chi connectivity index (χ3v) is 4.31. The van der Waals surface area contributed by atoms with Crippen molar-refractivity contribution in [2.24, 2.45) is 5.92 Å². The summed E-state index contributed by atoms with van der Waals surface area (Å²) in [6, 6.07) is 8.64. The van der Waals surface area contributed by atoms with Crippen LogP contribution in [0.3, 0.4) is 0 Å². The van der Waals surface area contributed by atoms with E-state index in [9.17, 15) is 0 Å². The highest BCUT2D eigenvalue weighted by atomic mass is 15.4. The molecule has 3 aromatic rings. The van der Waals surface area contributed by atoms with E-state index in [-0.39, 0.29) is 0 Å². The van der Waals surface area contributed by atoms with Crippen molar-refractivity contribution in [1.82, 2.24) is 19.6 Å². The number of hydrogen-bond acceptors (Lipinski definition) is 4. The molecular formula is C16H19N5. The van der Waals surface area contributed by atoms with Crippen LogP contribution < -0.4 is 4.90 Å². The topological polar surface area (TPSA) is 46.3 Å². The van der Waals surface area contributed by atoms with Gasteiger partial charge in [-0.05, 0) is 38.3 Å². The van der Waals surface area contributed by atoms with Gasteiger partial charge in [0.1, 0.15) is 5.82 Å². The number of nitrogens with zero attached hydrogens (tertiary/aromatic N) is 5. The summed E-state index contributed by atoms with van der Waals surface area (Å²) in [5.74, 6) is 2.39. The molecule has 108 valence electrons. The average molecular weight is 281 g/mol. The Kier molecular flexibility index (Phi) is 2.64. The van der Waals surface area contributed by atoms with Gasteiger partial charge in [0, 0.05) is 18.0 Å². The molecule has 4 rings (SSSR count). The Morgan fingerprint density at radius 3 is 2.71 bits per heavy atom. The second kappa shape index (κ2) is 4.41. The molecule has 0 unspecified atom stereocenters. The van der Waals surface area contributed by atoms with Gasteiger partial charge in [0.05, 0.1) is 5.52 Å². The quantitative estimate of drug-likeness (QED) is 0.688. The number of aryl methyl sites for hydroxylation is 1. The third kappa shape index (κ3) is 1.87. The Labute approximate surface area is 123 Å². The monoisotopic (exact) mass is 281 g/mol. The van der Waals surface area contributed by atoms with Crippen molar-refractivity contribution >= 4 is 22.5 Å². The zero-order valence-corrected chi connectivity index (χ0v) is 12.6. The molecule has 1 aliphatic rings. The van der Waals surface area contributed by atoms with E-state index in [2.05, 4.69) is 34.9 Å². The summed E-state index contributed by atoms with van der Waals surface area (Å²) < 4.78 is 1.91. The lowest BCUT2D eigenvalue weighted by Gasteiger charge is -2.23. The first-order valence-electron chi connectivity index (χ1n) is 7.52. The number of anilines is 1. The lowest BCUT2D eigenvalue weighted by molar-refractivity contribution is 0.624. The van der Waals surface area contributed by atoms with Gasteiger partial charge in [-0.2, -0.15) is 4.52 Å². The number of hydrogen-bond donors (Lipinski definition) is 0. The van der Waals surface area contributed by atoms with Crippen molar-refractivity contribution in [3.05, 3.63) is 30.1 Å². The summed E-state index contributed by atoms with van der Waals surface area (Å²) in [7, 11) is 0. The van der Waals surface area contributed by atoms with Gasteiger partial charge in [-0.25, -0.2) is 9.97 Å². The fourth-order valence-corrected chi connectivity index (χ4v) is 3.41. The van der Waals surface area contributed by atoms with Crippen molar-refractivity contribution in [3.8, 4) is 0 Å². The van der Waals surface area contributed by atoms with Crippen molar-refractivity contribution in [2.45, 2.75) is 33.2 Å². The van der Waals surface area contributed by atoms with Crippen LogP contribution in [0.25, 0.3) is 16.6 Å². The predicted molar refractivity (Wildman–Crippen MR) is 83.6 cm³/mol. The highest BCUT2D eigenvalue weighted by Gasteiger charge is 2.29. The summed E-state index contributed by atoms with van der Waals surface area (Å²) in [5, 5.41) is 5.63. The van der Waals surface area contributed by atoms with E-state index < -0.39 is 0 Å². The van der Waals surface area contributed by atoms with E-state index >= 15 is 0 Å². The first-order valence-corrected chi connectivity index (χ1v) is 7.52. The van der Waals surface area contributed by atoms with Gasteiger partial charge < -0.3 is 4.90 Å². The normalized spacial score (nSPS) is 22.5. The summed E-state index contributed by atoms with van der Waals surface area (Å²) in [5.41, 5.74) is 1.89. The van der Waals surface area contributed by atoms with Gasteiger partial charge in [0.25, 0.3) is 0 Å². The standard InChI is InChI=1S/C16H19N5/c1-10-8-11(2)20(9-10)16-18-14-7-5-4-6-13(14)15-17-12(3)19-21(15)16/h4-7,10-11H,8-9H2,1-3H3/t10-,11+/m0/s1. The highest BCUT2D eigenvalue weighted by molar-refractivity contribution is 5.92. The molecule has 0 aliphatic carbocycles. The largest absolute Gasteiger partial charge is 0.338 e. The minimum absolute atomic E-state index is 0.487. The Morgan fingerprint density at radius 2 is 1.95 bits per heavy atom. The van der Waals surface area contributed by atoms with Crippen LogP contribution in [-0.4, -0.2) is 32.2 Å². The van der Waals surface area contributed by atoms with Crippen LogP contribution in [0.15, 0.2) is 24.3 Å². The zero-order valence-electron chi connectivity index (χ0n) is 12.6. The molecule has 0 spiro atoms. The molecule has 5 heteroatoms. The van der Waals surface area contributed by atoms with E-state index in [0.29, 0.717) is 12.0 Å². The lowest BCUT2D eigenvalue weighted by Crippen LogP contribution is -2.30. The lowest BCUT2D eigenvalue weighted by atomic mass is 10.1. The third-order valence-electron chi connectivity index (χ3n) is 4.31. The fourth-order valence-electron chi connectivity index (χ4n) is 3.41. The van der Waals surface area contributed by atoms with Crippen LogP contribution in [0.5, 0.6) is 0 Å². The molecule has 1 aromatic carbocycles. The average Bonchev–Trinajstić information content (AvgIpc) is 3.00. The number of aromatic nitrogens is 4. The molecule has 1 saturated heterocycles. The SMILES string of the molecule is Cc1nc2c3ccccc3nc(N3C[C@@H](C)C[C@H]3C)n2n1. The van der Waals surface area contributed by atoms with E-state index in [4.69, 9.17) is 4.98 Å². The minimum Gasteiger partial charge on any atom is -0.338 e. The van der Waals surface area contributed by atoms with Crippen molar-refractivity contribution in [3.63, 3.8) is 0 Å². The van der Waals surface area contributed by atoms with Gasteiger partial charge >= 0.3 is 0 Å². The van der Waals surface area contributed by atoms with Crippen LogP contribution in [-0.2, 0) is 0 Å². The summed E-state index contributed by atoms with van der Waals surface area (Å²) in [6.07, 6.45) is 1.20. The second-order valence-electron chi connectivity index (χ2n) is 6.17. The smallest absolute Gasteiger partial charge is 0.229 e. The first kappa shape index (κ1) is 12.6. The van der Waals surface area contributed by atoms with Gasteiger partial charge in [-0.3, -0.25) is 0 Å². The van der Waals surface area contributed by atoms with E-state index in [1.165, 1.54) is 6.42 Å². The molecule has 3 heterocycles. The summed E-state index contributed by atoms with van der Waals surface area (Å²) in [4.78, 5) is 11.8. The van der Waals surface area contributed by atoms with Crippen molar-refractivity contribution < 1.29 is 0 Å². The number of fused-ring (bicyclic) bond motifs is 3. The molecule has 0 saturated carbocycles. The number of benzene rings is 1. The van der Waals surface area contributed by atoms with Crippen LogP contribution in [0.2, 0.25) is 0 Å². The summed E-state index contributed by atoms with van der Waals surface area (Å²) >= 11 is 0. The highest BCUT2D eigenvalue weighted by Crippen LogP contribution is 2.29. The van der Waals surface area contributed by atoms with Gasteiger partial charge in [-0.1, -0.05) is 19.1 Å². The van der Waals surface area contributed by atoms with E-state index in [0.717, 1.165) is 34.9 Å². The zero-order chi connectivity index (χ0) is 14.6. The summed E-state index contributed by atoms with van der Waals surface area (Å²) in [6.45, 7) is 7.51. The van der Waals surface area contributed by atoms with Crippen LogP contribution in [0.4, 0.5) is 5.95 Å². The molecule has 0 amide bonds. The molecular weight excluding hydrogens is 262 g/mol. The van der Waals surface area contributed by atoms with E-state index in [1.54, 1.807) is 0 Å². The molecule has 2 atom stereocenters. The molecule has 0 bridgehead atoms. The Morgan fingerprint density at radius 1 is 1.14 bits per heavy atom. The van der Waals surface area contributed by atoms with Crippen molar-refractivity contribution in [2.75, 3.05) is 11.4 Å². The molecule has 21 heavy (non-hydrogen) atoms. The van der Waals surface area contributed by atoms with Crippen molar-refractivity contribution in [1.29, 1.82) is 0 Å². The molecule has 1 aliphatic heterocycles. The van der Waals surface area contributed by atoms with Gasteiger partial charge in [0.2, 0.25) is 5.95 Å². The molecule has 5 nitrogen and oxygen atoms in total. The van der Waals surface area contributed by atoms with Crippen LogP contribution in [0.1, 0.15) is 26.1 Å². The minimum atomic E-state index is 0.487. The number of para-hydroxylation sites is 1. The number of rotatable bonds is 1. The van der Waals surface area contributed by atoms with Gasteiger partial charge in [-0.15, -0.1) is 5.10 Å².